The SMILES string of the molecule is CCCCn1cc[n+](CCCCC[N+](C)(C)C)c1.CS(=O)(=O)[N-]S(=O)(=O)C(F)(F)F.CS(=O)(=O)[N-]S(=O)(=O)C(F)(F)F. The molecule has 1 heterocycles. The van der Waals surface area contributed by atoms with Gasteiger partial charge in [0, 0.05) is 12.5 Å². The molecule has 0 saturated carbocycles. The first kappa shape index (κ1) is 42.6. The maximum absolute atomic E-state index is 11.4. The monoisotopic (exact) mass is 705 g/mol. The summed E-state index contributed by atoms with van der Waals surface area (Å²) in [6.45, 7) is 5.84. The normalized spacial score (nSPS) is 13.5. The lowest BCUT2D eigenvalue weighted by molar-refractivity contribution is -0.870. The van der Waals surface area contributed by atoms with E-state index < -0.39 is 51.1 Å². The summed E-state index contributed by atoms with van der Waals surface area (Å²) < 4.78 is 158. The van der Waals surface area contributed by atoms with Gasteiger partial charge < -0.3 is 12.7 Å². The molecule has 0 spiro atoms. The van der Waals surface area contributed by atoms with E-state index in [4.69, 9.17) is 0 Å². The van der Waals surface area contributed by atoms with Crippen LogP contribution in [0.4, 0.5) is 26.3 Å². The standard InChI is InChI=1S/C15H31N3.2C2H3F3NO4S2/c1-5-6-10-16-12-13-17(15-16)11-8-7-9-14-18(2,3)4;2*1-11(7,8)6-12(9,10)2(3,4)5/h12-13,15H,5-11,14H2,1-4H3;2*1H3/q+2;2*-1. The summed E-state index contributed by atoms with van der Waals surface area (Å²) >= 11 is 0. The smallest absolute Gasteiger partial charge is 0.429 e. The molecule has 13 nitrogen and oxygen atoms in total. The molecule has 1 aromatic rings. The van der Waals surface area contributed by atoms with Gasteiger partial charge in [0.1, 0.15) is 12.4 Å². The Kier molecular flexibility index (Phi) is 16.8. The summed E-state index contributed by atoms with van der Waals surface area (Å²) in [7, 11) is -14.1. The summed E-state index contributed by atoms with van der Waals surface area (Å²) in [6.07, 6.45) is 13.6. The Morgan fingerprint density at radius 1 is 0.738 bits per heavy atom. The van der Waals surface area contributed by atoms with Gasteiger partial charge in [-0.25, -0.2) is 42.8 Å². The van der Waals surface area contributed by atoms with Crippen molar-refractivity contribution >= 4 is 40.1 Å². The Morgan fingerprint density at radius 3 is 1.48 bits per heavy atom. The van der Waals surface area contributed by atoms with Crippen LogP contribution in [0.2, 0.25) is 0 Å². The maximum Gasteiger partial charge on any atom is 0.480 e. The number of halogens is 6. The molecule has 42 heavy (non-hydrogen) atoms. The molecule has 0 radical (unpaired) electrons. The van der Waals surface area contributed by atoms with Crippen molar-refractivity contribution in [3.05, 3.63) is 27.0 Å². The van der Waals surface area contributed by atoms with E-state index >= 15 is 0 Å². The summed E-state index contributed by atoms with van der Waals surface area (Å²) in [5.74, 6) is 0. The number of quaternary nitrogens is 1. The van der Waals surface area contributed by atoms with Gasteiger partial charge in [0.15, 0.2) is 20.0 Å². The van der Waals surface area contributed by atoms with Gasteiger partial charge in [0.2, 0.25) is 6.33 Å². The van der Waals surface area contributed by atoms with E-state index in [0.29, 0.717) is 0 Å². The quantitative estimate of drug-likeness (QED) is 0.130. The lowest BCUT2D eigenvalue weighted by atomic mass is 10.2. The number of imidazole rings is 1. The van der Waals surface area contributed by atoms with E-state index in [0.717, 1.165) is 17.6 Å². The topological polar surface area (TPSA) is 174 Å². The molecule has 0 N–H and O–H groups in total. The Balaban J connectivity index is 0. The third kappa shape index (κ3) is 21.2. The van der Waals surface area contributed by atoms with Crippen LogP contribution in [-0.2, 0) is 53.2 Å². The zero-order valence-electron chi connectivity index (χ0n) is 23.8. The molecule has 0 aromatic carbocycles. The molecule has 0 aliphatic carbocycles. The summed E-state index contributed by atoms with van der Waals surface area (Å²) in [5.41, 5.74) is -11.3. The molecular weight excluding hydrogens is 668 g/mol. The number of sulfonamides is 4. The van der Waals surface area contributed by atoms with Gasteiger partial charge in [-0.2, -0.15) is 26.3 Å². The average Bonchev–Trinajstić information content (AvgIpc) is 3.14. The van der Waals surface area contributed by atoms with E-state index in [-0.39, 0.29) is 12.5 Å². The van der Waals surface area contributed by atoms with E-state index in [1.54, 1.807) is 8.25 Å². The molecule has 0 fully saturated rings. The van der Waals surface area contributed by atoms with E-state index in [2.05, 4.69) is 55.9 Å². The third-order valence-electron chi connectivity index (χ3n) is 4.31. The first-order chi connectivity index (χ1) is 18.4. The molecule has 0 bridgehead atoms. The van der Waals surface area contributed by atoms with Gasteiger partial charge in [-0.3, -0.25) is 0 Å². The minimum Gasteiger partial charge on any atom is -0.429 e. The zero-order valence-corrected chi connectivity index (χ0v) is 27.1. The van der Waals surface area contributed by atoms with Crippen LogP contribution in [0.1, 0.15) is 39.0 Å². The lowest BCUT2D eigenvalue weighted by Gasteiger charge is -2.23. The molecule has 0 aliphatic heterocycles. The Morgan fingerprint density at radius 2 is 1.17 bits per heavy atom. The molecule has 0 amide bonds. The minimum atomic E-state index is -5.92. The van der Waals surface area contributed by atoms with Gasteiger partial charge in [-0.15, -0.1) is 0 Å². The second-order valence-electron chi connectivity index (χ2n) is 9.77. The van der Waals surface area contributed by atoms with E-state index in [1.807, 2.05) is 0 Å². The number of hydrogen-bond acceptors (Lipinski definition) is 8. The first-order valence-corrected chi connectivity index (χ1v) is 18.4. The highest BCUT2D eigenvalue weighted by molar-refractivity contribution is 8.12. The minimum absolute atomic E-state index is 0.246. The highest BCUT2D eigenvalue weighted by Gasteiger charge is 2.40. The summed E-state index contributed by atoms with van der Waals surface area (Å²) in [6, 6.07) is 0. The molecule has 0 aliphatic rings. The fourth-order valence-electron chi connectivity index (χ4n) is 2.54. The number of nitrogens with zero attached hydrogens (tertiary/aromatic N) is 5. The van der Waals surface area contributed by atoms with Gasteiger partial charge in [0.25, 0.3) is 0 Å². The summed E-state index contributed by atoms with van der Waals surface area (Å²) in [4.78, 5) is 0. The molecule has 0 atom stereocenters. The van der Waals surface area contributed by atoms with Crippen molar-refractivity contribution < 1.29 is 69.1 Å². The summed E-state index contributed by atoms with van der Waals surface area (Å²) in [5, 5.41) is 0. The van der Waals surface area contributed by atoms with Crippen molar-refractivity contribution in [2.45, 2.75) is 63.1 Å². The van der Waals surface area contributed by atoms with Crippen LogP contribution in [0.25, 0.3) is 8.25 Å². The van der Waals surface area contributed by atoms with E-state index in [1.165, 1.54) is 38.6 Å². The largest absolute Gasteiger partial charge is 0.480 e. The Labute approximate surface area is 243 Å². The number of rotatable bonds is 13. The van der Waals surface area contributed by atoms with Crippen molar-refractivity contribution in [1.29, 1.82) is 0 Å². The number of aromatic nitrogens is 2. The fourth-order valence-corrected chi connectivity index (χ4v) is 6.07. The molecule has 252 valence electrons. The second kappa shape index (κ2) is 16.5. The molecule has 1 rings (SSSR count). The van der Waals surface area contributed by atoms with Crippen LogP contribution in [0.3, 0.4) is 0 Å². The van der Waals surface area contributed by atoms with Gasteiger partial charge in [0.05, 0.1) is 60.8 Å². The number of hydrogen-bond donors (Lipinski definition) is 0. The van der Waals surface area contributed by atoms with Crippen molar-refractivity contribution in [2.24, 2.45) is 0 Å². The number of unbranched alkanes of at least 4 members (excludes halogenated alkanes) is 3. The van der Waals surface area contributed by atoms with Crippen LogP contribution in [0.5, 0.6) is 0 Å². The Hall–Kier alpha value is -1.53. The second-order valence-corrected chi connectivity index (χ2v) is 16.7. The number of aryl methyl sites for hydroxylation is 2. The van der Waals surface area contributed by atoms with E-state index in [9.17, 15) is 60.0 Å². The van der Waals surface area contributed by atoms with Crippen LogP contribution >= 0.6 is 0 Å². The van der Waals surface area contributed by atoms with Gasteiger partial charge >= 0.3 is 11.0 Å². The molecule has 1 aromatic heterocycles. The fraction of sp³-hybridized carbons (Fsp3) is 0.842. The van der Waals surface area contributed by atoms with Crippen LogP contribution < -0.4 is 4.57 Å². The molecular formula is C19H37F6N5O8S4. The highest BCUT2D eigenvalue weighted by atomic mass is 32.3. The Bertz CT molecular complexity index is 1310. The number of alkyl halides is 6. The molecule has 23 heteroatoms. The van der Waals surface area contributed by atoms with Crippen molar-refractivity contribution in [3.8, 4) is 0 Å². The van der Waals surface area contributed by atoms with Gasteiger partial charge in [-0.1, -0.05) is 13.3 Å². The van der Waals surface area contributed by atoms with Crippen LogP contribution in [0, 0.1) is 0 Å². The first-order valence-electron chi connectivity index (χ1n) is 11.8. The van der Waals surface area contributed by atoms with Crippen molar-refractivity contribution in [3.63, 3.8) is 0 Å². The maximum atomic E-state index is 11.4. The van der Waals surface area contributed by atoms with Crippen LogP contribution in [-0.4, -0.2) is 93.9 Å². The predicted octanol–water partition coefficient (Wildman–Crippen LogP) is 2.79. The highest BCUT2D eigenvalue weighted by Crippen LogP contribution is 2.30. The zero-order chi connectivity index (χ0) is 33.8. The van der Waals surface area contributed by atoms with Crippen LogP contribution in [0.15, 0.2) is 18.7 Å². The van der Waals surface area contributed by atoms with Gasteiger partial charge in [-0.05, 0) is 25.7 Å². The molecule has 0 saturated heterocycles. The third-order valence-corrected chi connectivity index (χ3v) is 9.22. The van der Waals surface area contributed by atoms with Crippen molar-refractivity contribution in [1.82, 2.24) is 4.57 Å². The predicted molar refractivity (Wildman–Crippen MR) is 143 cm³/mol. The molecule has 0 unspecified atom stereocenters. The van der Waals surface area contributed by atoms with Crippen molar-refractivity contribution in [2.75, 3.05) is 40.2 Å². The lowest BCUT2D eigenvalue weighted by Crippen LogP contribution is -2.35. The average molecular weight is 706 g/mol.